The van der Waals surface area contributed by atoms with Crippen LogP contribution in [0.2, 0.25) is 0 Å². The highest BCUT2D eigenvalue weighted by molar-refractivity contribution is 7.09. The Morgan fingerprint density at radius 2 is 1.91 bits per heavy atom. The van der Waals surface area contributed by atoms with E-state index in [9.17, 15) is 4.79 Å². The van der Waals surface area contributed by atoms with E-state index in [1.54, 1.807) is 0 Å². The molecule has 3 N–H and O–H groups in total. The number of rotatable bonds is 4. The molecule has 1 amide bonds. The Kier molecular flexibility index (Phi) is 4.73. The maximum Gasteiger partial charge on any atom is 0.270 e. The van der Waals surface area contributed by atoms with Crippen molar-refractivity contribution in [2.45, 2.75) is 58.0 Å². The summed E-state index contributed by atoms with van der Waals surface area (Å²) < 4.78 is 0. The SMILES string of the molecule is CC(NC(=O)c1csc(CN)n1)C12CC3CC(CC(C3)C1)C2.Cl. The Morgan fingerprint density at radius 1 is 1.35 bits per heavy atom. The Hall–Kier alpha value is -0.650. The van der Waals surface area contributed by atoms with Crippen molar-refractivity contribution in [3.8, 4) is 0 Å². The number of hydrogen-bond donors (Lipinski definition) is 2. The topological polar surface area (TPSA) is 68.0 Å². The van der Waals surface area contributed by atoms with Crippen LogP contribution in [0.5, 0.6) is 0 Å². The molecule has 4 aliphatic carbocycles. The minimum absolute atomic E-state index is 0. The Labute approximate surface area is 148 Å². The Balaban J connectivity index is 0.00000156. The van der Waals surface area contributed by atoms with Crippen LogP contribution in [0, 0.1) is 23.2 Å². The van der Waals surface area contributed by atoms with Gasteiger partial charge in [-0.25, -0.2) is 4.98 Å². The molecule has 0 aliphatic heterocycles. The lowest BCUT2D eigenvalue weighted by atomic mass is 9.48. The van der Waals surface area contributed by atoms with Crippen molar-refractivity contribution in [1.29, 1.82) is 0 Å². The van der Waals surface area contributed by atoms with Crippen molar-refractivity contribution in [2.75, 3.05) is 0 Å². The molecule has 1 atom stereocenters. The van der Waals surface area contributed by atoms with Gasteiger partial charge in [-0.3, -0.25) is 4.79 Å². The summed E-state index contributed by atoms with van der Waals surface area (Å²) in [5, 5.41) is 5.90. The number of nitrogens with two attached hydrogens (primary N) is 1. The molecule has 0 radical (unpaired) electrons. The fraction of sp³-hybridized carbons (Fsp3) is 0.765. The van der Waals surface area contributed by atoms with E-state index < -0.39 is 0 Å². The van der Waals surface area contributed by atoms with Gasteiger partial charge in [0.2, 0.25) is 0 Å². The summed E-state index contributed by atoms with van der Waals surface area (Å²) in [5.74, 6) is 2.70. The molecule has 1 heterocycles. The summed E-state index contributed by atoms with van der Waals surface area (Å²) >= 11 is 1.47. The molecular weight excluding hydrogens is 330 g/mol. The van der Waals surface area contributed by atoms with Gasteiger partial charge in [0.25, 0.3) is 5.91 Å². The number of carbonyl (C=O) groups is 1. The van der Waals surface area contributed by atoms with Crippen molar-refractivity contribution in [3.05, 3.63) is 16.1 Å². The normalized spacial score (nSPS) is 35.7. The van der Waals surface area contributed by atoms with E-state index >= 15 is 0 Å². The minimum Gasteiger partial charge on any atom is -0.348 e. The third-order valence-corrected chi connectivity index (χ3v) is 7.18. The molecule has 4 fully saturated rings. The average molecular weight is 356 g/mol. The first-order valence-electron chi connectivity index (χ1n) is 8.53. The van der Waals surface area contributed by atoms with Crippen LogP contribution >= 0.6 is 23.7 Å². The van der Waals surface area contributed by atoms with Crippen molar-refractivity contribution in [2.24, 2.45) is 28.9 Å². The molecule has 4 bridgehead atoms. The van der Waals surface area contributed by atoms with Gasteiger partial charge in [-0.15, -0.1) is 23.7 Å². The van der Waals surface area contributed by atoms with Crippen LogP contribution in [0.1, 0.15) is 60.9 Å². The number of carbonyl (C=O) groups excluding carboxylic acids is 1. The van der Waals surface area contributed by atoms with Gasteiger partial charge < -0.3 is 11.1 Å². The molecule has 1 aromatic heterocycles. The average Bonchev–Trinajstić information content (AvgIpc) is 2.94. The molecule has 6 heteroatoms. The molecule has 4 nitrogen and oxygen atoms in total. The van der Waals surface area contributed by atoms with Crippen LogP contribution in [0.3, 0.4) is 0 Å². The molecule has 0 spiro atoms. The summed E-state index contributed by atoms with van der Waals surface area (Å²) in [5.41, 5.74) is 6.46. The number of nitrogens with zero attached hydrogens (tertiary/aromatic N) is 1. The van der Waals surface area contributed by atoms with E-state index in [1.165, 1.54) is 49.9 Å². The number of amides is 1. The van der Waals surface area contributed by atoms with E-state index in [2.05, 4.69) is 17.2 Å². The lowest BCUT2D eigenvalue weighted by Gasteiger charge is -2.59. The van der Waals surface area contributed by atoms with Crippen molar-refractivity contribution in [3.63, 3.8) is 0 Å². The zero-order valence-electron chi connectivity index (χ0n) is 13.6. The summed E-state index contributed by atoms with van der Waals surface area (Å²) in [7, 11) is 0. The van der Waals surface area contributed by atoms with Crippen LogP contribution in [-0.2, 0) is 6.54 Å². The third kappa shape index (κ3) is 3.03. The number of aromatic nitrogens is 1. The van der Waals surface area contributed by atoms with E-state index in [1.807, 2.05) is 5.38 Å². The van der Waals surface area contributed by atoms with E-state index in [-0.39, 0.29) is 24.4 Å². The number of hydrogen-bond acceptors (Lipinski definition) is 4. The smallest absolute Gasteiger partial charge is 0.270 e. The molecular formula is C17H26ClN3OS. The predicted molar refractivity (Wildman–Crippen MR) is 94.8 cm³/mol. The molecule has 23 heavy (non-hydrogen) atoms. The summed E-state index contributed by atoms with van der Waals surface area (Å²) in [4.78, 5) is 16.8. The molecule has 128 valence electrons. The summed E-state index contributed by atoms with van der Waals surface area (Å²) in [6.45, 7) is 2.61. The standard InChI is InChI=1S/C17H25N3OS.ClH/c1-10(19-16(21)14-9-22-15(8-18)20-14)17-5-11-2-12(6-17)4-13(3-11)7-17;/h9-13H,2-8,18H2,1H3,(H,19,21);1H. The highest BCUT2D eigenvalue weighted by Crippen LogP contribution is 2.61. The van der Waals surface area contributed by atoms with Crippen molar-refractivity contribution >= 4 is 29.7 Å². The van der Waals surface area contributed by atoms with E-state index in [0.29, 0.717) is 17.7 Å². The molecule has 5 rings (SSSR count). The summed E-state index contributed by atoms with van der Waals surface area (Å²) in [6.07, 6.45) is 8.24. The molecule has 1 unspecified atom stereocenters. The van der Waals surface area contributed by atoms with Gasteiger partial charge in [-0.05, 0) is 68.6 Å². The van der Waals surface area contributed by atoms with Crippen LogP contribution in [0.25, 0.3) is 0 Å². The van der Waals surface area contributed by atoms with Gasteiger partial charge in [0.1, 0.15) is 10.7 Å². The second-order valence-corrected chi connectivity index (χ2v) is 8.75. The molecule has 4 aliphatic rings. The largest absolute Gasteiger partial charge is 0.348 e. The van der Waals surface area contributed by atoms with Crippen LogP contribution in [-0.4, -0.2) is 16.9 Å². The number of thiazole rings is 1. The first-order valence-corrected chi connectivity index (χ1v) is 9.41. The molecule has 0 aromatic carbocycles. The maximum absolute atomic E-state index is 12.5. The minimum atomic E-state index is -0.0285. The summed E-state index contributed by atoms with van der Waals surface area (Å²) in [6, 6.07) is 0.247. The van der Waals surface area contributed by atoms with Crippen LogP contribution in [0.4, 0.5) is 0 Å². The van der Waals surface area contributed by atoms with Gasteiger partial charge >= 0.3 is 0 Å². The number of halogens is 1. The van der Waals surface area contributed by atoms with E-state index in [4.69, 9.17) is 5.73 Å². The maximum atomic E-state index is 12.5. The lowest BCUT2D eigenvalue weighted by Crippen LogP contribution is -2.55. The fourth-order valence-electron chi connectivity index (χ4n) is 5.64. The van der Waals surface area contributed by atoms with E-state index in [0.717, 1.165) is 22.8 Å². The highest BCUT2D eigenvalue weighted by Gasteiger charge is 2.53. The van der Waals surface area contributed by atoms with Crippen molar-refractivity contribution < 1.29 is 4.79 Å². The van der Waals surface area contributed by atoms with Crippen LogP contribution in [0.15, 0.2) is 5.38 Å². The van der Waals surface area contributed by atoms with Crippen molar-refractivity contribution in [1.82, 2.24) is 10.3 Å². The molecule has 0 saturated heterocycles. The Morgan fingerprint density at radius 3 is 2.39 bits per heavy atom. The fourth-order valence-corrected chi connectivity index (χ4v) is 6.30. The van der Waals surface area contributed by atoms with Gasteiger partial charge in [0.05, 0.1) is 0 Å². The zero-order valence-corrected chi connectivity index (χ0v) is 15.2. The molecule has 1 aromatic rings. The monoisotopic (exact) mass is 355 g/mol. The molecule has 4 saturated carbocycles. The second kappa shape index (κ2) is 6.34. The quantitative estimate of drug-likeness (QED) is 0.870. The lowest BCUT2D eigenvalue weighted by molar-refractivity contribution is -0.0688. The van der Waals surface area contributed by atoms with Gasteiger partial charge in [-0.1, -0.05) is 0 Å². The third-order valence-electron chi connectivity index (χ3n) is 6.31. The highest BCUT2D eigenvalue weighted by atomic mass is 35.5. The predicted octanol–water partition coefficient (Wildman–Crippen LogP) is 3.36. The van der Waals surface area contributed by atoms with Gasteiger partial charge in [-0.2, -0.15) is 0 Å². The zero-order chi connectivity index (χ0) is 15.3. The first kappa shape index (κ1) is 17.2. The van der Waals surface area contributed by atoms with Crippen LogP contribution < -0.4 is 11.1 Å². The first-order chi connectivity index (χ1) is 10.6. The Bertz CT molecular complexity index is 553. The van der Waals surface area contributed by atoms with Gasteiger partial charge in [0.15, 0.2) is 0 Å². The second-order valence-electron chi connectivity index (χ2n) is 7.81. The van der Waals surface area contributed by atoms with Gasteiger partial charge in [0, 0.05) is 18.0 Å². The number of nitrogens with one attached hydrogen (secondary N) is 1.